The van der Waals surface area contributed by atoms with Crippen LogP contribution in [0.25, 0.3) is 0 Å². The van der Waals surface area contributed by atoms with Crippen LogP contribution in [-0.4, -0.2) is 19.6 Å². The van der Waals surface area contributed by atoms with Crippen molar-refractivity contribution in [2.24, 2.45) is 5.73 Å². The summed E-state index contributed by atoms with van der Waals surface area (Å²) in [7, 11) is 0. The van der Waals surface area contributed by atoms with Crippen LogP contribution in [-0.2, 0) is 0 Å². The van der Waals surface area contributed by atoms with E-state index in [-0.39, 0.29) is 0 Å². The predicted octanol–water partition coefficient (Wildman–Crippen LogP) is 2.74. The maximum absolute atomic E-state index is 5.61. The van der Waals surface area contributed by atoms with E-state index < -0.39 is 0 Å². The van der Waals surface area contributed by atoms with Crippen LogP contribution in [0.5, 0.6) is 0 Å². The lowest BCUT2D eigenvalue weighted by Gasteiger charge is -2.18. The average Bonchev–Trinajstić information content (AvgIpc) is 2.66. The number of anilines is 1. The Labute approximate surface area is 98.4 Å². The van der Waals surface area contributed by atoms with Gasteiger partial charge in [0.25, 0.3) is 0 Å². The minimum Gasteiger partial charge on any atom is -0.371 e. The van der Waals surface area contributed by atoms with Crippen molar-refractivity contribution in [1.29, 1.82) is 0 Å². The highest BCUT2D eigenvalue weighted by Gasteiger charge is 2.26. The summed E-state index contributed by atoms with van der Waals surface area (Å²) in [5.74, 6) is 0.700. The molecule has 0 saturated carbocycles. The Morgan fingerprint density at radius 3 is 2.94 bits per heavy atom. The average molecular weight is 218 g/mol. The molecule has 2 N–H and O–H groups in total. The van der Waals surface area contributed by atoms with Crippen molar-refractivity contribution in [3.8, 4) is 0 Å². The van der Waals surface area contributed by atoms with E-state index in [0.29, 0.717) is 5.92 Å². The van der Waals surface area contributed by atoms with Gasteiger partial charge in [-0.15, -0.1) is 0 Å². The second-order valence-electron chi connectivity index (χ2n) is 4.63. The maximum Gasteiger partial charge on any atom is 0.0402 e. The second kappa shape index (κ2) is 5.35. The third-order valence-corrected chi connectivity index (χ3v) is 3.41. The van der Waals surface area contributed by atoms with Crippen molar-refractivity contribution in [3.63, 3.8) is 0 Å². The fourth-order valence-electron chi connectivity index (χ4n) is 2.68. The molecule has 0 radical (unpaired) electrons. The standard InChI is InChI=1S/C14H22N2/c1-2-10-16-11-12(6-5-9-15)13-7-3-4-8-14(13)16/h3-4,7-8,12H,2,5-6,9-11,15H2,1H3. The highest BCUT2D eigenvalue weighted by molar-refractivity contribution is 5.60. The maximum atomic E-state index is 5.61. The molecule has 1 aromatic rings. The number of fused-ring (bicyclic) bond motifs is 1. The molecule has 1 atom stereocenters. The number of rotatable bonds is 5. The third-order valence-electron chi connectivity index (χ3n) is 3.41. The smallest absolute Gasteiger partial charge is 0.0402 e. The number of nitrogens with two attached hydrogens (primary N) is 1. The molecular formula is C14H22N2. The van der Waals surface area contributed by atoms with Crippen LogP contribution < -0.4 is 10.6 Å². The first-order valence-electron chi connectivity index (χ1n) is 6.40. The molecule has 16 heavy (non-hydrogen) atoms. The summed E-state index contributed by atoms with van der Waals surface area (Å²) < 4.78 is 0. The predicted molar refractivity (Wildman–Crippen MR) is 70.0 cm³/mol. The van der Waals surface area contributed by atoms with E-state index >= 15 is 0 Å². The Morgan fingerprint density at radius 2 is 2.19 bits per heavy atom. The first-order chi connectivity index (χ1) is 7.86. The summed E-state index contributed by atoms with van der Waals surface area (Å²) >= 11 is 0. The van der Waals surface area contributed by atoms with Gasteiger partial charge in [0.05, 0.1) is 0 Å². The normalized spacial score (nSPS) is 18.9. The molecule has 2 heteroatoms. The summed E-state index contributed by atoms with van der Waals surface area (Å²) in [6.45, 7) is 5.42. The molecule has 0 amide bonds. The van der Waals surface area contributed by atoms with Crippen molar-refractivity contribution >= 4 is 5.69 Å². The van der Waals surface area contributed by atoms with Gasteiger partial charge in [0.2, 0.25) is 0 Å². The van der Waals surface area contributed by atoms with E-state index in [1.807, 2.05) is 0 Å². The highest BCUT2D eigenvalue weighted by atomic mass is 15.1. The fourth-order valence-corrected chi connectivity index (χ4v) is 2.68. The fraction of sp³-hybridized carbons (Fsp3) is 0.571. The van der Waals surface area contributed by atoms with E-state index in [1.165, 1.54) is 37.2 Å². The van der Waals surface area contributed by atoms with E-state index in [2.05, 4.69) is 36.1 Å². The van der Waals surface area contributed by atoms with Gasteiger partial charge in [-0.2, -0.15) is 0 Å². The summed E-state index contributed by atoms with van der Waals surface area (Å²) in [5.41, 5.74) is 8.59. The molecule has 0 bridgehead atoms. The van der Waals surface area contributed by atoms with Crippen molar-refractivity contribution < 1.29 is 0 Å². The monoisotopic (exact) mass is 218 g/mol. The van der Waals surface area contributed by atoms with Gasteiger partial charge in [0.15, 0.2) is 0 Å². The summed E-state index contributed by atoms with van der Waals surface area (Å²) in [4.78, 5) is 2.52. The minimum absolute atomic E-state index is 0.700. The topological polar surface area (TPSA) is 29.3 Å². The quantitative estimate of drug-likeness (QED) is 0.823. The zero-order chi connectivity index (χ0) is 11.4. The number of para-hydroxylation sites is 1. The molecule has 1 aliphatic rings. The third kappa shape index (κ3) is 2.22. The van der Waals surface area contributed by atoms with Gasteiger partial charge in [0.1, 0.15) is 0 Å². The summed E-state index contributed by atoms with van der Waals surface area (Å²) in [6, 6.07) is 8.84. The van der Waals surface area contributed by atoms with Crippen LogP contribution >= 0.6 is 0 Å². The Hall–Kier alpha value is -1.02. The molecule has 0 aliphatic carbocycles. The van der Waals surface area contributed by atoms with Crippen LogP contribution in [0.4, 0.5) is 5.69 Å². The van der Waals surface area contributed by atoms with Crippen molar-refractivity contribution in [3.05, 3.63) is 29.8 Å². The lowest BCUT2D eigenvalue weighted by Crippen LogP contribution is -2.22. The van der Waals surface area contributed by atoms with E-state index in [1.54, 1.807) is 0 Å². The zero-order valence-electron chi connectivity index (χ0n) is 10.2. The lowest BCUT2D eigenvalue weighted by molar-refractivity contribution is 0.607. The largest absolute Gasteiger partial charge is 0.371 e. The Kier molecular flexibility index (Phi) is 3.83. The van der Waals surface area contributed by atoms with E-state index in [0.717, 1.165) is 13.0 Å². The number of hydrogen-bond donors (Lipinski definition) is 1. The van der Waals surface area contributed by atoms with Gasteiger partial charge >= 0.3 is 0 Å². The van der Waals surface area contributed by atoms with Crippen LogP contribution in [0.3, 0.4) is 0 Å². The summed E-state index contributed by atoms with van der Waals surface area (Å²) in [5, 5.41) is 0. The van der Waals surface area contributed by atoms with Gasteiger partial charge in [0, 0.05) is 24.7 Å². The van der Waals surface area contributed by atoms with Gasteiger partial charge in [-0.1, -0.05) is 25.1 Å². The van der Waals surface area contributed by atoms with Gasteiger partial charge in [-0.05, 0) is 37.4 Å². The molecule has 0 fully saturated rings. The first kappa shape index (κ1) is 11.5. The van der Waals surface area contributed by atoms with E-state index in [9.17, 15) is 0 Å². The Morgan fingerprint density at radius 1 is 1.38 bits per heavy atom. The van der Waals surface area contributed by atoms with E-state index in [4.69, 9.17) is 5.73 Å². The van der Waals surface area contributed by atoms with Gasteiger partial charge in [-0.25, -0.2) is 0 Å². The molecule has 0 saturated heterocycles. The van der Waals surface area contributed by atoms with Gasteiger partial charge in [-0.3, -0.25) is 0 Å². The van der Waals surface area contributed by atoms with Crippen LogP contribution in [0.1, 0.15) is 37.7 Å². The molecule has 0 spiro atoms. The molecule has 0 aromatic heterocycles. The lowest BCUT2D eigenvalue weighted by atomic mass is 9.96. The molecule has 1 aromatic carbocycles. The molecule has 1 aliphatic heterocycles. The molecule has 2 nitrogen and oxygen atoms in total. The van der Waals surface area contributed by atoms with Crippen LogP contribution in [0.15, 0.2) is 24.3 Å². The van der Waals surface area contributed by atoms with Crippen LogP contribution in [0.2, 0.25) is 0 Å². The van der Waals surface area contributed by atoms with Crippen molar-refractivity contribution in [2.75, 3.05) is 24.5 Å². The molecular weight excluding hydrogens is 196 g/mol. The SMILES string of the molecule is CCCN1CC(CCCN)c2ccccc21. The molecule has 88 valence electrons. The Balaban J connectivity index is 2.14. The molecule has 2 rings (SSSR count). The number of hydrogen-bond acceptors (Lipinski definition) is 2. The minimum atomic E-state index is 0.700. The first-order valence-corrected chi connectivity index (χ1v) is 6.40. The molecule has 1 unspecified atom stereocenters. The number of benzene rings is 1. The second-order valence-corrected chi connectivity index (χ2v) is 4.63. The number of nitrogens with zero attached hydrogens (tertiary/aromatic N) is 1. The van der Waals surface area contributed by atoms with Crippen molar-refractivity contribution in [2.45, 2.75) is 32.1 Å². The van der Waals surface area contributed by atoms with Crippen LogP contribution in [0, 0.1) is 0 Å². The molecule has 1 heterocycles. The highest BCUT2D eigenvalue weighted by Crippen LogP contribution is 2.38. The van der Waals surface area contributed by atoms with Gasteiger partial charge < -0.3 is 10.6 Å². The van der Waals surface area contributed by atoms with Crippen molar-refractivity contribution in [1.82, 2.24) is 0 Å². The zero-order valence-corrected chi connectivity index (χ0v) is 10.2. The summed E-state index contributed by atoms with van der Waals surface area (Å²) in [6.07, 6.45) is 3.59. The Bertz CT molecular complexity index is 335.